The van der Waals surface area contributed by atoms with Gasteiger partial charge in [-0.3, -0.25) is 0 Å². The number of rotatable bonds is 7. The fraction of sp³-hybridized carbons (Fsp3) is 1.00. The minimum Gasteiger partial charge on any atom is -0.330 e. The van der Waals surface area contributed by atoms with Crippen molar-refractivity contribution in [2.45, 2.75) is 52.4 Å². The van der Waals surface area contributed by atoms with E-state index in [9.17, 15) is 0 Å². The van der Waals surface area contributed by atoms with Crippen molar-refractivity contribution >= 4 is 11.8 Å². The third-order valence-corrected chi connectivity index (χ3v) is 4.81. The zero-order valence-electron chi connectivity index (χ0n) is 10.4. The molecular formula is C13H27NS. The first kappa shape index (κ1) is 13.4. The summed E-state index contributed by atoms with van der Waals surface area (Å²) in [6.07, 6.45) is 8.54. The Labute approximate surface area is 99.6 Å². The highest BCUT2D eigenvalue weighted by Gasteiger charge is 2.16. The highest BCUT2D eigenvalue weighted by Crippen LogP contribution is 2.29. The molecule has 0 saturated heterocycles. The number of hydrogen-bond donors (Lipinski definition) is 1. The van der Waals surface area contributed by atoms with Crippen molar-refractivity contribution in [1.82, 2.24) is 0 Å². The number of hydrogen-bond acceptors (Lipinski definition) is 2. The van der Waals surface area contributed by atoms with E-state index in [1.54, 1.807) is 0 Å². The summed E-state index contributed by atoms with van der Waals surface area (Å²) in [6, 6.07) is 0. The number of thioether (sulfide) groups is 1. The molecule has 1 rings (SSSR count). The minimum atomic E-state index is 0.355. The van der Waals surface area contributed by atoms with E-state index in [0.717, 1.165) is 12.5 Å². The monoisotopic (exact) mass is 229 g/mol. The van der Waals surface area contributed by atoms with Gasteiger partial charge in [-0.15, -0.1) is 0 Å². The quantitative estimate of drug-likeness (QED) is 0.674. The Balaban J connectivity index is 1.92. The SMILES string of the molecule is CC(C)(CN)CCCSCC1CCCC1. The molecule has 1 aliphatic carbocycles. The van der Waals surface area contributed by atoms with Crippen LogP contribution in [0.2, 0.25) is 0 Å². The molecule has 1 saturated carbocycles. The van der Waals surface area contributed by atoms with Gasteiger partial charge in [0, 0.05) is 0 Å². The van der Waals surface area contributed by atoms with Crippen LogP contribution in [0.5, 0.6) is 0 Å². The Morgan fingerprint density at radius 1 is 1.27 bits per heavy atom. The molecule has 0 amide bonds. The second-order valence-electron chi connectivity index (χ2n) is 5.70. The maximum atomic E-state index is 5.71. The van der Waals surface area contributed by atoms with Crippen LogP contribution in [0.25, 0.3) is 0 Å². The summed E-state index contributed by atoms with van der Waals surface area (Å²) in [5, 5.41) is 0. The summed E-state index contributed by atoms with van der Waals surface area (Å²) in [7, 11) is 0. The molecule has 1 aliphatic rings. The van der Waals surface area contributed by atoms with Gasteiger partial charge in [-0.25, -0.2) is 0 Å². The highest BCUT2D eigenvalue weighted by molar-refractivity contribution is 7.99. The Hall–Kier alpha value is 0.310. The summed E-state index contributed by atoms with van der Waals surface area (Å²) < 4.78 is 0. The third kappa shape index (κ3) is 5.82. The van der Waals surface area contributed by atoms with Crippen LogP contribution in [0.1, 0.15) is 52.4 Å². The summed E-state index contributed by atoms with van der Waals surface area (Å²) in [5.41, 5.74) is 6.07. The van der Waals surface area contributed by atoms with E-state index in [4.69, 9.17) is 5.73 Å². The highest BCUT2D eigenvalue weighted by atomic mass is 32.2. The molecule has 0 spiro atoms. The second-order valence-corrected chi connectivity index (χ2v) is 6.85. The number of nitrogens with two attached hydrogens (primary N) is 1. The molecule has 0 radical (unpaired) electrons. The van der Waals surface area contributed by atoms with Gasteiger partial charge in [0.15, 0.2) is 0 Å². The molecule has 0 atom stereocenters. The van der Waals surface area contributed by atoms with Gasteiger partial charge in [0.05, 0.1) is 0 Å². The van der Waals surface area contributed by atoms with E-state index >= 15 is 0 Å². The molecule has 1 nitrogen and oxygen atoms in total. The predicted octanol–water partition coefficient (Wildman–Crippen LogP) is 3.67. The second kappa shape index (κ2) is 6.80. The maximum absolute atomic E-state index is 5.71. The van der Waals surface area contributed by atoms with Crippen LogP contribution in [-0.2, 0) is 0 Å². The van der Waals surface area contributed by atoms with Crippen LogP contribution in [0.4, 0.5) is 0 Å². The van der Waals surface area contributed by atoms with Gasteiger partial charge in [0.25, 0.3) is 0 Å². The molecule has 1 fully saturated rings. The van der Waals surface area contributed by atoms with E-state index in [1.807, 2.05) is 0 Å². The normalized spacial score (nSPS) is 18.6. The van der Waals surface area contributed by atoms with Gasteiger partial charge in [0.1, 0.15) is 0 Å². The van der Waals surface area contributed by atoms with E-state index in [-0.39, 0.29) is 0 Å². The van der Waals surface area contributed by atoms with Crippen LogP contribution in [0.3, 0.4) is 0 Å². The largest absolute Gasteiger partial charge is 0.330 e. The van der Waals surface area contributed by atoms with E-state index < -0.39 is 0 Å². The predicted molar refractivity (Wildman–Crippen MR) is 71.4 cm³/mol. The molecule has 15 heavy (non-hydrogen) atoms. The minimum absolute atomic E-state index is 0.355. The van der Waals surface area contributed by atoms with E-state index in [2.05, 4.69) is 25.6 Å². The molecule has 0 aromatic rings. The van der Waals surface area contributed by atoms with Gasteiger partial charge in [-0.05, 0) is 55.1 Å². The Bertz CT molecular complexity index is 162. The first-order valence-corrected chi connectivity index (χ1v) is 7.57. The Kier molecular flexibility index (Phi) is 6.06. The van der Waals surface area contributed by atoms with Gasteiger partial charge >= 0.3 is 0 Å². The smallest absolute Gasteiger partial charge is 0.00258 e. The molecule has 0 heterocycles. The fourth-order valence-electron chi connectivity index (χ4n) is 2.18. The van der Waals surface area contributed by atoms with Gasteiger partial charge in [0.2, 0.25) is 0 Å². The van der Waals surface area contributed by atoms with Crippen LogP contribution in [-0.4, -0.2) is 18.1 Å². The third-order valence-electron chi connectivity index (χ3n) is 3.52. The lowest BCUT2D eigenvalue weighted by Gasteiger charge is -2.21. The summed E-state index contributed by atoms with van der Waals surface area (Å²) in [5.74, 6) is 3.78. The van der Waals surface area contributed by atoms with Crippen LogP contribution >= 0.6 is 11.8 Å². The lowest BCUT2D eigenvalue weighted by molar-refractivity contribution is 0.345. The van der Waals surface area contributed by atoms with Gasteiger partial charge < -0.3 is 5.73 Å². The van der Waals surface area contributed by atoms with Crippen molar-refractivity contribution in [3.63, 3.8) is 0 Å². The zero-order valence-corrected chi connectivity index (χ0v) is 11.2. The lowest BCUT2D eigenvalue weighted by atomic mass is 9.88. The molecule has 0 bridgehead atoms. The Morgan fingerprint density at radius 2 is 1.93 bits per heavy atom. The van der Waals surface area contributed by atoms with Gasteiger partial charge in [-0.2, -0.15) is 11.8 Å². The first-order valence-electron chi connectivity index (χ1n) is 6.42. The van der Waals surface area contributed by atoms with Crippen molar-refractivity contribution in [3.05, 3.63) is 0 Å². The summed E-state index contributed by atoms with van der Waals surface area (Å²) >= 11 is 2.16. The molecule has 0 aromatic carbocycles. The molecule has 0 unspecified atom stereocenters. The van der Waals surface area contributed by atoms with Crippen molar-refractivity contribution in [2.24, 2.45) is 17.1 Å². The first-order chi connectivity index (χ1) is 7.14. The van der Waals surface area contributed by atoms with Crippen molar-refractivity contribution in [1.29, 1.82) is 0 Å². The average molecular weight is 229 g/mol. The molecular weight excluding hydrogens is 202 g/mol. The van der Waals surface area contributed by atoms with Crippen molar-refractivity contribution in [3.8, 4) is 0 Å². The Morgan fingerprint density at radius 3 is 2.53 bits per heavy atom. The van der Waals surface area contributed by atoms with Crippen LogP contribution < -0.4 is 5.73 Å². The molecule has 2 heteroatoms. The van der Waals surface area contributed by atoms with Gasteiger partial charge in [-0.1, -0.05) is 26.7 Å². The van der Waals surface area contributed by atoms with Crippen LogP contribution in [0, 0.1) is 11.3 Å². The van der Waals surface area contributed by atoms with Crippen molar-refractivity contribution in [2.75, 3.05) is 18.1 Å². The standard InChI is InChI=1S/C13H27NS/c1-13(2,11-14)8-5-9-15-10-12-6-3-4-7-12/h12H,3-11,14H2,1-2H3. The lowest BCUT2D eigenvalue weighted by Crippen LogP contribution is -2.23. The molecule has 0 aromatic heterocycles. The van der Waals surface area contributed by atoms with E-state index in [1.165, 1.54) is 50.0 Å². The maximum Gasteiger partial charge on any atom is -0.00258 e. The zero-order chi connectivity index (χ0) is 11.1. The van der Waals surface area contributed by atoms with Crippen molar-refractivity contribution < 1.29 is 0 Å². The summed E-state index contributed by atoms with van der Waals surface area (Å²) in [4.78, 5) is 0. The molecule has 90 valence electrons. The fourth-order valence-corrected chi connectivity index (χ4v) is 3.36. The summed E-state index contributed by atoms with van der Waals surface area (Å²) in [6.45, 7) is 5.36. The average Bonchev–Trinajstić information content (AvgIpc) is 2.70. The molecule has 0 aliphatic heterocycles. The molecule has 2 N–H and O–H groups in total. The topological polar surface area (TPSA) is 26.0 Å². The van der Waals surface area contributed by atoms with Crippen LogP contribution in [0.15, 0.2) is 0 Å². The van der Waals surface area contributed by atoms with E-state index in [0.29, 0.717) is 5.41 Å².